The molecule has 0 saturated heterocycles. The van der Waals surface area contributed by atoms with Crippen molar-refractivity contribution in [3.63, 3.8) is 0 Å². The third kappa shape index (κ3) is 2.66. The highest BCUT2D eigenvalue weighted by Gasteiger charge is 2.29. The second-order valence-corrected chi connectivity index (χ2v) is 3.54. The molecule has 3 heteroatoms. The van der Waals surface area contributed by atoms with Gasteiger partial charge in [-0.05, 0) is 19.3 Å². The van der Waals surface area contributed by atoms with Crippen molar-refractivity contribution in [2.75, 3.05) is 6.61 Å². The number of rotatable bonds is 2. The van der Waals surface area contributed by atoms with Crippen LogP contribution in [0.1, 0.15) is 19.3 Å². The zero-order valence-corrected chi connectivity index (χ0v) is 7.56. The van der Waals surface area contributed by atoms with E-state index in [1.807, 2.05) is 0 Å². The van der Waals surface area contributed by atoms with Gasteiger partial charge in [-0.1, -0.05) is 5.92 Å². The normalized spacial score (nSPS) is 35.9. The van der Waals surface area contributed by atoms with Crippen LogP contribution in [0.25, 0.3) is 0 Å². The number of hydrogen-bond acceptors (Lipinski definition) is 1. The van der Waals surface area contributed by atoms with E-state index in [1.54, 1.807) is 0 Å². The molecule has 1 saturated carbocycles. The first-order valence-electron chi connectivity index (χ1n) is 4.07. The molecule has 0 amide bonds. The third-order valence-electron chi connectivity index (χ3n) is 2.03. The molecule has 1 nitrogen and oxygen atoms in total. The summed E-state index contributed by atoms with van der Waals surface area (Å²) in [6.07, 6.45) is 5.80. The van der Waals surface area contributed by atoms with Crippen LogP contribution in [0.3, 0.4) is 0 Å². The lowest BCUT2D eigenvalue weighted by molar-refractivity contribution is 0.0347. The highest BCUT2D eigenvalue weighted by molar-refractivity contribution is 6.21. The molecule has 3 unspecified atom stereocenters. The summed E-state index contributed by atoms with van der Waals surface area (Å²) in [4.78, 5) is 0. The number of alkyl halides is 2. The summed E-state index contributed by atoms with van der Waals surface area (Å²) in [5.74, 6) is 2.37. The fraction of sp³-hybridized carbons (Fsp3) is 0.778. The van der Waals surface area contributed by atoms with Gasteiger partial charge in [0.15, 0.2) is 0 Å². The Balaban J connectivity index is 2.30. The molecule has 0 spiro atoms. The molecular weight excluding hydrogens is 179 g/mol. The van der Waals surface area contributed by atoms with Crippen molar-refractivity contribution in [2.45, 2.75) is 36.9 Å². The van der Waals surface area contributed by atoms with Crippen LogP contribution in [0.15, 0.2) is 0 Å². The van der Waals surface area contributed by atoms with Gasteiger partial charge in [-0.3, -0.25) is 0 Å². The van der Waals surface area contributed by atoms with Crippen LogP contribution in [0.2, 0.25) is 0 Å². The van der Waals surface area contributed by atoms with Crippen LogP contribution in [0, 0.1) is 12.3 Å². The van der Waals surface area contributed by atoms with E-state index in [0.717, 1.165) is 0 Å². The van der Waals surface area contributed by atoms with E-state index in [-0.39, 0.29) is 18.1 Å². The van der Waals surface area contributed by atoms with E-state index < -0.39 is 6.17 Å². The van der Waals surface area contributed by atoms with E-state index in [1.165, 1.54) is 0 Å². The summed E-state index contributed by atoms with van der Waals surface area (Å²) in [6, 6.07) is 0. The van der Waals surface area contributed by atoms with Gasteiger partial charge in [0, 0.05) is 0 Å². The Morgan fingerprint density at radius 1 is 1.58 bits per heavy atom. The number of hydrogen-bond donors (Lipinski definition) is 0. The molecule has 0 bridgehead atoms. The molecule has 0 N–H and O–H groups in total. The molecule has 68 valence electrons. The monoisotopic (exact) mass is 190 g/mol. The van der Waals surface area contributed by atoms with Crippen molar-refractivity contribution >= 4 is 11.6 Å². The van der Waals surface area contributed by atoms with Crippen LogP contribution < -0.4 is 0 Å². The first-order chi connectivity index (χ1) is 5.74. The number of halogens is 2. The Bertz CT molecular complexity index is 178. The predicted octanol–water partition coefficient (Wildman–Crippen LogP) is 2.13. The fourth-order valence-corrected chi connectivity index (χ4v) is 1.77. The van der Waals surface area contributed by atoms with Gasteiger partial charge < -0.3 is 4.74 Å². The molecule has 1 aliphatic carbocycles. The smallest absolute Gasteiger partial charge is 0.107 e. The topological polar surface area (TPSA) is 9.23 Å². The van der Waals surface area contributed by atoms with E-state index in [2.05, 4.69) is 5.92 Å². The van der Waals surface area contributed by atoms with Gasteiger partial charge >= 0.3 is 0 Å². The largest absolute Gasteiger partial charge is 0.364 e. The standard InChI is InChI=1S/C9H12ClFO/c1-2-5-12-9-4-3-7(11)6-8(9)10/h1,7-9H,3-6H2. The van der Waals surface area contributed by atoms with Crippen LogP contribution in [-0.2, 0) is 4.74 Å². The zero-order chi connectivity index (χ0) is 8.97. The molecule has 0 aromatic carbocycles. The van der Waals surface area contributed by atoms with E-state index >= 15 is 0 Å². The van der Waals surface area contributed by atoms with Gasteiger partial charge in [0.25, 0.3) is 0 Å². The quantitative estimate of drug-likeness (QED) is 0.479. The summed E-state index contributed by atoms with van der Waals surface area (Å²) in [5.41, 5.74) is 0. The fourth-order valence-electron chi connectivity index (χ4n) is 1.38. The molecule has 1 fully saturated rings. The highest BCUT2D eigenvalue weighted by Crippen LogP contribution is 2.27. The molecule has 12 heavy (non-hydrogen) atoms. The summed E-state index contributed by atoms with van der Waals surface area (Å²) < 4.78 is 18.0. The maximum Gasteiger partial charge on any atom is 0.107 e. The van der Waals surface area contributed by atoms with Gasteiger partial charge in [-0.2, -0.15) is 0 Å². The minimum atomic E-state index is -0.766. The van der Waals surface area contributed by atoms with Crippen LogP contribution >= 0.6 is 11.6 Å². The van der Waals surface area contributed by atoms with E-state index in [9.17, 15) is 4.39 Å². The summed E-state index contributed by atoms with van der Waals surface area (Å²) in [7, 11) is 0. The van der Waals surface area contributed by atoms with Crippen LogP contribution in [-0.4, -0.2) is 24.3 Å². The van der Waals surface area contributed by atoms with Gasteiger partial charge in [-0.15, -0.1) is 18.0 Å². The average molecular weight is 191 g/mol. The second-order valence-electron chi connectivity index (χ2n) is 2.98. The maximum absolute atomic E-state index is 12.7. The second kappa shape index (κ2) is 4.69. The number of ether oxygens (including phenoxy) is 1. The Kier molecular flexibility index (Phi) is 3.84. The Hall–Kier alpha value is -0.260. The number of terminal acetylenes is 1. The molecule has 1 rings (SSSR count). The lowest BCUT2D eigenvalue weighted by atomic mass is 9.95. The summed E-state index contributed by atoms with van der Waals surface area (Å²) >= 11 is 5.88. The van der Waals surface area contributed by atoms with Gasteiger partial charge in [0.2, 0.25) is 0 Å². The molecule has 0 aromatic heterocycles. The van der Waals surface area contributed by atoms with Crippen molar-refractivity contribution in [2.24, 2.45) is 0 Å². The van der Waals surface area contributed by atoms with Crippen molar-refractivity contribution < 1.29 is 9.13 Å². The van der Waals surface area contributed by atoms with Crippen molar-refractivity contribution in [3.8, 4) is 12.3 Å². The molecule has 0 radical (unpaired) electrons. The minimum Gasteiger partial charge on any atom is -0.364 e. The van der Waals surface area contributed by atoms with Crippen molar-refractivity contribution in [1.82, 2.24) is 0 Å². The maximum atomic E-state index is 12.7. The predicted molar refractivity (Wildman–Crippen MR) is 47.0 cm³/mol. The molecule has 3 atom stereocenters. The van der Waals surface area contributed by atoms with E-state index in [0.29, 0.717) is 19.3 Å². The van der Waals surface area contributed by atoms with Crippen molar-refractivity contribution in [3.05, 3.63) is 0 Å². The Morgan fingerprint density at radius 3 is 2.92 bits per heavy atom. The summed E-state index contributed by atoms with van der Waals surface area (Å²) in [5, 5.41) is -0.220. The Morgan fingerprint density at radius 2 is 2.33 bits per heavy atom. The molecular formula is C9H12ClFO. The van der Waals surface area contributed by atoms with Crippen LogP contribution in [0.5, 0.6) is 0 Å². The molecule has 0 aliphatic heterocycles. The minimum absolute atomic E-state index is 0.0604. The van der Waals surface area contributed by atoms with Crippen LogP contribution in [0.4, 0.5) is 4.39 Å². The average Bonchev–Trinajstić information content (AvgIpc) is 2.03. The zero-order valence-electron chi connectivity index (χ0n) is 6.80. The SMILES string of the molecule is C#CCOC1CCC(F)CC1Cl. The first-order valence-corrected chi connectivity index (χ1v) is 4.51. The molecule has 0 aromatic rings. The van der Waals surface area contributed by atoms with Gasteiger partial charge in [0.1, 0.15) is 12.8 Å². The third-order valence-corrected chi connectivity index (χ3v) is 2.49. The van der Waals surface area contributed by atoms with Gasteiger partial charge in [0.05, 0.1) is 11.5 Å². The lowest BCUT2D eigenvalue weighted by Crippen LogP contribution is -2.33. The lowest BCUT2D eigenvalue weighted by Gasteiger charge is -2.28. The van der Waals surface area contributed by atoms with E-state index in [4.69, 9.17) is 22.8 Å². The highest BCUT2D eigenvalue weighted by atomic mass is 35.5. The summed E-state index contributed by atoms with van der Waals surface area (Å²) in [6.45, 7) is 0.269. The molecule has 0 heterocycles. The molecule has 1 aliphatic rings. The Labute approximate surface area is 77.2 Å². The van der Waals surface area contributed by atoms with Gasteiger partial charge in [-0.25, -0.2) is 4.39 Å². The van der Waals surface area contributed by atoms with Crippen molar-refractivity contribution in [1.29, 1.82) is 0 Å². The first kappa shape index (κ1) is 9.83.